The monoisotopic (exact) mass is 994 g/mol. The van der Waals surface area contributed by atoms with Gasteiger partial charge in [0.2, 0.25) is 6.79 Å². The van der Waals surface area contributed by atoms with Crippen LogP contribution in [-0.2, 0) is 38.5 Å². The summed E-state index contributed by atoms with van der Waals surface area (Å²) in [6.45, 7) is 13.4. The van der Waals surface area contributed by atoms with Gasteiger partial charge < -0.3 is 19.5 Å². The molecule has 6 aromatic carbocycles. The molecule has 7 heteroatoms. The Morgan fingerprint density at radius 2 is 1.00 bits per heavy atom. The number of benzene rings is 6. The summed E-state index contributed by atoms with van der Waals surface area (Å²) in [6.07, 6.45) is 18.3. The van der Waals surface area contributed by atoms with Gasteiger partial charge in [-0.3, -0.25) is 0 Å². The first-order chi connectivity index (χ1) is 33.5. The molecule has 0 atom stereocenters. The van der Waals surface area contributed by atoms with Crippen LogP contribution in [0.2, 0.25) is 15.1 Å². The molecule has 2 aliphatic rings. The Kier molecular flexibility index (Phi) is 30.4. The van der Waals surface area contributed by atoms with E-state index in [1.807, 2.05) is 42.5 Å². The summed E-state index contributed by atoms with van der Waals surface area (Å²) >= 11 is 17.4. The summed E-state index contributed by atoms with van der Waals surface area (Å²) in [5.41, 5.74) is 9.55. The second-order valence-electron chi connectivity index (χ2n) is 17.8. The molecular formula is C62H82Cl3NO3. The zero-order chi connectivity index (χ0) is 50.1. The fraction of sp³-hybridized carbons (Fsp3) is 0.419. The van der Waals surface area contributed by atoms with Crippen molar-refractivity contribution >= 4 is 34.8 Å². The number of methoxy groups -OCH3 is 1. The molecule has 0 unspecified atom stereocenters. The van der Waals surface area contributed by atoms with Crippen molar-refractivity contribution in [1.82, 2.24) is 5.32 Å². The smallest absolute Gasteiger partial charge is 0.231 e. The molecule has 6 aromatic rings. The molecule has 374 valence electrons. The molecule has 1 aliphatic heterocycles. The normalized spacial score (nSPS) is 14.1. The molecule has 1 heterocycles. The Morgan fingerprint density at radius 1 is 0.507 bits per heavy atom. The van der Waals surface area contributed by atoms with Gasteiger partial charge in [0.05, 0.1) is 7.11 Å². The van der Waals surface area contributed by atoms with Crippen LogP contribution >= 0.6 is 34.8 Å². The summed E-state index contributed by atoms with van der Waals surface area (Å²) in [7, 11) is 3.77. The number of nitrogens with one attached hydrogen (secondary N) is 1. The van der Waals surface area contributed by atoms with Crippen molar-refractivity contribution in [3.63, 3.8) is 0 Å². The highest BCUT2D eigenvalue weighted by molar-refractivity contribution is 6.35. The first-order valence-electron chi connectivity index (χ1n) is 25.5. The number of hydrogen-bond donors (Lipinski definition) is 1. The van der Waals surface area contributed by atoms with Crippen LogP contribution < -0.4 is 19.5 Å². The van der Waals surface area contributed by atoms with Crippen LogP contribution in [0.1, 0.15) is 131 Å². The average molecular weight is 996 g/mol. The van der Waals surface area contributed by atoms with Crippen molar-refractivity contribution in [2.24, 2.45) is 5.92 Å². The second kappa shape index (κ2) is 35.6. The molecule has 1 aliphatic carbocycles. The Hall–Kier alpha value is -4.45. The van der Waals surface area contributed by atoms with Crippen LogP contribution in [0.25, 0.3) is 0 Å². The Labute approximate surface area is 433 Å². The Balaban J connectivity index is 0.000000221. The predicted octanol–water partition coefficient (Wildman–Crippen LogP) is 18.2. The van der Waals surface area contributed by atoms with Gasteiger partial charge in [0, 0.05) is 21.1 Å². The molecule has 69 heavy (non-hydrogen) atoms. The number of hydrogen-bond acceptors (Lipinski definition) is 4. The van der Waals surface area contributed by atoms with Gasteiger partial charge in [-0.2, -0.15) is 0 Å². The topological polar surface area (TPSA) is 39.7 Å². The van der Waals surface area contributed by atoms with Gasteiger partial charge in [0.15, 0.2) is 11.5 Å². The van der Waals surface area contributed by atoms with Gasteiger partial charge in [-0.1, -0.05) is 198 Å². The molecule has 0 radical (unpaired) electrons. The van der Waals surface area contributed by atoms with E-state index in [1.54, 1.807) is 13.2 Å². The van der Waals surface area contributed by atoms with E-state index in [4.69, 9.17) is 49.0 Å². The molecule has 0 spiro atoms. The standard InChI is InChI=1S/C14H21N.C10H12O2.C10H14O.C10H14.C9H10Cl2.C9H11Cl/c1-15-14-9-7-13(8-10-14)11-12-5-3-2-4-6-12;1-2-3-8-4-5-9-10(6-8)12-7-11-9;1-3-4-9-5-7-10(11-2)8-6-9;1-3-4-10-7-5-9(2)6-8-10;1-2-3-7-4-5-8(10)6-9(7)11;1-2-3-8-4-6-9(10)7-5-8/h2-6,13-15H,7-11H2,1H3;4-6H,2-3,7H2,1H3;5-8H,3-4H2,1-2H3;5-8H,3-4H2,1-2H3;4-6H,2-3H2,1H3;4-7H,2-3H2,1H3. The molecule has 1 saturated carbocycles. The zero-order valence-corrected chi connectivity index (χ0v) is 45.4. The van der Waals surface area contributed by atoms with Crippen molar-refractivity contribution in [3.8, 4) is 17.2 Å². The van der Waals surface area contributed by atoms with E-state index in [1.165, 1.54) is 103 Å². The largest absolute Gasteiger partial charge is 0.497 e. The van der Waals surface area contributed by atoms with E-state index in [2.05, 4.69) is 145 Å². The van der Waals surface area contributed by atoms with Crippen LogP contribution in [0.4, 0.5) is 0 Å². The molecule has 0 bridgehead atoms. The third-order valence-corrected chi connectivity index (χ3v) is 12.8. The SMILES string of the molecule is CCCc1ccc(C)cc1.CCCc1ccc(Cl)cc1.CCCc1ccc(Cl)cc1Cl.CCCc1ccc(OC)cc1.CCCc1ccc2c(c1)OCO2.CNC1CCC(Cc2ccccc2)CC1. The molecule has 4 nitrogen and oxygen atoms in total. The lowest BCUT2D eigenvalue weighted by Crippen LogP contribution is -2.30. The van der Waals surface area contributed by atoms with Crippen molar-refractivity contribution in [2.45, 2.75) is 144 Å². The van der Waals surface area contributed by atoms with Gasteiger partial charge in [-0.15, -0.1) is 0 Å². The summed E-state index contributed by atoms with van der Waals surface area (Å²) in [6, 6.07) is 48.5. The molecule has 0 saturated heterocycles. The minimum Gasteiger partial charge on any atom is -0.497 e. The summed E-state index contributed by atoms with van der Waals surface area (Å²) < 4.78 is 15.5. The van der Waals surface area contributed by atoms with Gasteiger partial charge in [-0.05, 0) is 166 Å². The quantitative estimate of drug-likeness (QED) is 0.118. The van der Waals surface area contributed by atoms with Crippen LogP contribution in [0.5, 0.6) is 17.2 Å². The van der Waals surface area contributed by atoms with E-state index in [0.717, 1.165) is 71.4 Å². The number of halogens is 3. The fourth-order valence-corrected chi connectivity index (χ4v) is 8.67. The number of ether oxygens (including phenoxy) is 3. The van der Waals surface area contributed by atoms with Gasteiger partial charge in [0.1, 0.15) is 5.75 Å². The molecular weight excluding hydrogens is 913 g/mol. The second-order valence-corrected chi connectivity index (χ2v) is 19.1. The Morgan fingerprint density at radius 3 is 1.52 bits per heavy atom. The molecule has 0 amide bonds. The van der Waals surface area contributed by atoms with E-state index < -0.39 is 0 Å². The average Bonchev–Trinajstić information content (AvgIpc) is 3.85. The third kappa shape index (κ3) is 24.8. The number of aryl methyl sites for hydroxylation is 6. The lowest BCUT2D eigenvalue weighted by molar-refractivity contribution is 0.174. The molecule has 1 N–H and O–H groups in total. The van der Waals surface area contributed by atoms with E-state index in [9.17, 15) is 0 Å². The van der Waals surface area contributed by atoms with Crippen LogP contribution in [0, 0.1) is 12.8 Å². The zero-order valence-electron chi connectivity index (χ0n) is 43.1. The van der Waals surface area contributed by atoms with E-state index in [-0.39, 0.29) is 0 Å². The van der Waals surface area contributed by atoms with Gasteiger partial charge in [0.25, 0.3) is 0 Å². The fourth-order valence-electron chi connectivity index (χ4n) is 8.05. The van der Waals surface area contributed by atoms with Crippen LogP contribution in [0.3, 0.4) is 0 Å². The van der Waals surface area contributed by atoms with Crippen molar-refractivity contribution in [1.29, 1.82) is 0 Å². The number of rotatable bonds is 14. The third-order valence-electron chi connectivity index (χ3n) is 11.9. The lowest BCUT2D eigenvalue weighted by atomic mass is 9.82. The highest BCUT2D eigenvalue weighted by atomic mass is 35.5. The van der Waals surface area contributed by atoms with Crippen molar-refractivity contribution < 1.29 is 14.2 Å². The number of fused-ring (bicyclic) bond motifs is 1. The molecule has 0 aromatic heterocycles. The van der Waals surface area contributed by atoms with Crippen LogP contribution in [-0.4, -0.2) is 27.0 Å². The van der Waals surface area contributed by atoms with Crippen LogP contribution in [0.15, 0.2) is 140 Å². The maximum Gasteiger partial charge on any atom is 0.231 e. The van der Waals surface area contributed by atoms with Crippen molar-refractivity contribution in [2.75, 3.05) is 21.0 Å². The summed E-state index contributed by atoms with van der Waals surface area (Å²) in [5, 5.41) is 5.69. The highest BCUT2D eigenvalue weighted by Gasteiger charge is 2.20. The first kappa shape index (κ1) is 58.9. The van der Waals surface area contributed by atoms with Gasteiger partial charge >= 0.3 is 0 Å². The highest BCUT2D eigenvalue weighted by Crippen LogP contribution is 2.33. The van der Waals surface area contributed by atoms with Crippen molar-refractivity contribution in [3.05, 3.63) is 194 Å². The molecule has 1 fully saturated rings. The summed E-state index contributed by atoms with van der Waals surface area (Å²) in [5.74, 6) is 3.61. The predicted molar refractivity (Wildman–Crippen MR) is 300 cm³/mol. The van der Waals surface area contributed by atoms with Gasteiger partial charge in [-0.25, -0.2) is 0 Å². The summed E-state index contributed by atoms with van der Waals surface area (Å²) in [4.78, 5) is 0. The molecule has 8 rings (SSSR count). The van der Waals surface area contributed by atoms with E-state index in [0.29, 0.717) is 11.8 Å². The minimum absolute atomic E-state index is 0.366. The maximum absolute atomic E-state index is 5.92. The minimum atomic E-state index is 0.366. The lowest BCUT2D eigenvalue weighted by Gasteiger charge is -2.28. The maximum atomic E-state index is 5.92. The first-order valence-corrected chi connectivity index (χ1v) is 26.6. The Bertz CT molecular complexity index is 2160. The van der Waals surface area contributed by atoms with E-state index >= 15 is 0 Å².